The van der Waals surface area contributed by atoms with E-state index in [0.29, 0.717) is 17.9 Å². The summed E-state index contributed by atoms with van der Waals surface area (Å²) in [4.78, 5) is 20.5. The van der Waals surface area contributed by atoms with Crippen molar-refractivity contribution >= 4 is 22.9 Å². The minimum Gasteiger partial charge on any atom is -0.353 e. The number of nitrogens with zero attached hydrogens (tertiary/aromatic N) is 3. The lowest BCUT2D eigenvalue weighted by Gasteiger charge is -2.37. The van der Waals surface area contributed by atoms with Gasteiger partial charge in [-0.05, 0) is 61.3 Å². The van der Waals surface area contributed by atoms with Gasteiger partial charge in [0, 0.05) is 25.0 Å². The highest BCUT2D eigenvalue weighted by molar-refractivity contribution is 5.80. The predicted octanol–water partition coefficient (Wildman–Crippen LogP) is 5.55. The molecule has 1 saturated heterocycles. The molecule has 0 spiro atoms. The first kappa shape index (κ1) is 22.9. The average molecular weight is 459 g/mol. The van der Waals surface area contributed by atoms with Crippen LogP contribution >= 0.6 is 0 Å². The Balaban J connectivity index is 1.30. The van der Waals surface area contributed by atoms with Gasteiger partial charge in [0.1, 0.15) is 0 Å². The Kier molecular flexibility index (Phi) is 6.62. The number of anilines is 1. The molecule has 1 aliphatic heterocycles. The first-order chi connectivity index (χ1) is 16.5. The molecular formula is C29H38N4O. The van der Waals surface area contributed by atoms with E-state index in [1.54, 1.807) is 0 Å². The van der Waals surface area contributed by atoms with Gasteiger partial charge in [-0.3, -0.25) is 4.79 Å². The van der Waals surface area contributed by atoms with Crippen LogP contribution in [-0.4, -0.2) is 34.6 Å². The third-order valence-corrected chi connectivity index (χ3v) is 8.41. The first-order valence-electron chi connectivity index (χ1n) is 13.1. The van der Waals surface area contributed by atoms with Gasteiger partial charge in [0.05, 0.1) is 17.6 Å². The molecule has 1 aliphatic carbocycles. The van der Waals surface area contributed by atoms with Crippen molar-refractivity contribution in [1.29, 1.82) is 0 Å². The van der Waals surface area contributed by atoms with Gasteiger partial charge in [-0.15, -0.1) is 0 Å². The first-order valence-corrected chi connectivity index (χ1v) is 13.1. The largest absolute Gasteiger partial charge is 0.353 e. The molecule has 0 unspecified atom stereocenters. The van der Waals surface area contributed by atoms with E-state index in [9.17, 15) is 4.79 Å². The van der Waals surface area contributed by atoms with E-state index >= 15 is 0 Å². The van der Waals surface area contributed by atoms with Crippen LogP contribution in [0.2, 0.25) is 0 Å². The number of hydrogen-bond acceptors (Lipinski definition) is 3. The molecule has 5 rings (SSSR count). The maximum atomic E-state index is 13.1. The molecule has 2 aliphatic rings. The summed E-state index contributed by atoms with van der Waals surface area (Å²) >= 11 is 0. The molecule has 1 saturated carbocycles. The number of benzene rings is 2. The fraction of sp³-hybridized carbons (Fsp3) is 0.517. The Labute approximate surface area is 203 Å². The summed E-state index contributed by atoms with van der Waals surface area (Å²) in [5.74, 6) is 2.66. The lowest BCUT2D eigenvalue weighted by atomic mass is 9.78. The van der Waals surface area contributed by atoms with Crippen molar-refractivity contribution in [1.82, 2.24) is 14.9 Å². The number of nitrogens with one attached hydrogen (secondary N) is 1. The fourth-order valence-electron chi connectivity index (χ4n) is 5.85. The number of imidazole rings is 1. The molecule has 2 aromatic carbocycles. The Bertz CT molecular complexity index is 1140. The molecule has 180 valence electrons. The van der Waals surface area contributed by atoms with Crippen LogP contribution in [0, 0.1) is 24.7 Å². The van der Waals surface area contributed by atoms with Crippen LogP contribution < -0.4 is 10.2 Å². The second-order valence-electron chi connectivity index (χ2n) is 10.6. The summed E-state index contributed by atoms with van der Waals surface area (Å²) in [5, 5.41) is 3.42. The molecule has 5 nitrogen and oxygen atoms in total. The van der Waals surface area contributed by atoms with Gasteiger partial charge in [-0.2, -0.15) is 0 Å². The molecule has 3 aromatic rings. The molecule has 0 radical (unpaired) electrons. The number of aryl methyl sites for hydroxylation is 1. The van der Waals surface area contributed by atoms with E-state index in [0.717, 1.165) is 50.4 Å². The minimum atomic E-state index is 0.106. The maximum absolute atomic E-state index is 13.1. The quantitative estimate of drug-likeness (QED) is 0.545. The van der Waals surface area contributed by atoms with E-state index in [2.05, 4.69) is 84.1 Å². The molecule has 0 bridgehead atoms. The Morgan fingerprint density at radius 2 is 1.74 bits per heavy atom. The zero-order valence-corrected chi connectivity index (χ0v) is 20.8. The SMILES string of the molecule is Cc1ccccc1Cn1c(N2CCC(C(=O)N[C@@H]3CCC[C@H](C)[C@@H]3C)CC2)nc2ccccc21. The minimum absolute atomic E-state index is 0.106. The zero-order chi connectivity index (χ0) is 23.7. The molecular weight excluding hydrogens is 420 g/mol. The molecule has 2 heterocycles. The molecule has 3 atom stereocenters. The third kappa shape index (κ3) is 4.57. The van der Waals surface area contributed by atoms with Crippen molar-refractivity contribution < 1.29 is 4.79 Å². The molecule has 1 aromatic heterocycles. The monoisotopic (exact) mass is 458 g/mol. The van der Waals surface area contributed by atoms with Crippen molar-refractivity contribution in [2.75, 3.05) is 18.0 Å². The van der Waals surface area contributed by atoms with Crippen molar-refractivity contribution in [3.05, 3.63) is 59.7 Å². The van der Waals surface area contributed by atoms with Gasteiger partial charge in [0.25, 0.3) is 0 Å². The number of carbonyl (C=O) groups excluding carboxylic acids is 1. The lowest BCUT2D eigenvalue weighted by Crippen LogP contribution is -2.48. The van der Waals surface area contributed by atoms with Gasteiger partial charge in [-0.25, -0.2) is 4.98 Å². The number of piperidine rings is 1. The Morgan fingerprint density at radius 3 is 2.53 bits per heavy atom. The molecule has 2 fully saturated rings. The number of para-hydroxylation sites is 2. The van der Waals surface area contributed by atoms with Crippen LogP contribution in [0.5, 0.6) is 0 Å². The smallest absolute Gasteiger partial charge is 0.223 e. The number of fused-ring (bicyclic) bond motifs is 1. The topological polar surface area (TPSA) is 50.2 Å². The molecule has 1 amide bonds. The highest BCUT2D eigenvalue weighted by Gasteiger charge is 2.32. The average Bonchev–Trinajstić information content (AvgIpc) is 3.22. The Hall–Kier alpha value is -2.82. The second kappa shape index (κ2) is 9.81. The van der Waals surface area contributed by atoms with Crippen molar-refractivity contribution in [3.8, 4) is 0 Å². The predicted molar refractivity (Wildman–Crippen MR) is 139 cm³/mol. The number of aromatic nitrogens is 2. The van der Waals surface area contributed by atoms with Gasteiger partial charge >= 0.3 is 0 Å². The summed E-state index contributed by atoms with van der Waals surface area (Å²) in [5.41, 5.74) is 4.82. The summed E-state index contributed by atoms with van der Waals surface area (Å²) in [6.07, 6.45) is 5.41. The van der Waals surface area contributed by atoms with Crippen LogP contribution in [0.4, 0.5) is 5.95 Å². The zero-order valence-electron chi connectivity index (χ0n) is 20.8. The lowest BCUT2D eigenvalue weighted by molar-refractivity contribution is -0.127. The summed E-state index contributed by atoms with van der Waals surface area (Å²) in [7, 11) is 0. The summed E-state index contributed by atoms with van der Waals surface area (Å²) in [6.45, 7) is 9.34. The van der Waals surface area contributed by atoms with E-state index in [4.69, 9.17) is 4.98 Å². The van der Waals surface area contributed by atoms with E-state index in [1.807, 2.05) is 0 Å². The van der Waals surface area contributed by atoms with E-state index < -0.39 is 0 Å². The van der Waals surface area contributed by atoms with Crippen LogP contribution in [-0.2, 0) is 11.3 Å². The normalized spacial score (nSPS) is 23.9. The highest BCUT2D eigenvalue weighted by atomic mass is 16.2. The Morgan fingerprint density at radius 1 is 1.00 bits per heavy atom. The van der Waals surface area contributed by atoms with Crippen LogP contribution in [0.15, 0.2) is 48.5 Å². The molecule has 5 heteroatoms. The number of rotatable bonds is 5. The summed E-state index contributed by atoms with van der Waals surface area (Å²) < 4.78 is 2.35. The third-order valence-electron chi connectivity index (χ3n) is 8.41. The van der Waals surface area contributed by atoms with Crippen LogP contribution in [0.3, 0.4) is 0 Å². The van der Waals surface area contributed by atoms with Crippen LogP contribution in [0.25, 0.3) is 11.0 Å². The highest BCUT2D eigenvalue weighted by Crippen LogP contribution is 2.31. The van der Waals surface area contributed by atoms with Crippen LogP contribution in [0.1, 0.15) is 57.1 Å². The van der Waals surface area contributed by atoms with Gasteiger partial charge in [0.15, 0.2) is 0 Å². The molecule has 34 heavy (non-hydrogen) atoms. The number of hydrogen-bond donors (Lipinski definition) is 1. The van der Waals surface area contributed by atoms with E-state index in [-0.39, 0.29) is 11.8 Å². The molecule has 1 N–H and O–H groups in total. The van der Waals surface area contributed by atoms with Crippen molar-refractivity contribution in [2.45, 2.75) is 65.5 Å². The number of amides is 1. The van der Waals surface area contributed by atoms with Crippen molar-refractivity contribution in [2.24, 2.45) is 17.8 Å². The van der Waals surface area contributed by atoms with E-state index in [1.165, 1.54) is 29.5 Å². The fourth-order valence-corrected chi connectivity index (χ4v) is 5.85. The van der Waals surface area contributed by atoms with Gasteiger partial charge in [0.2, 0.25) is 11.9 Å². The van der Waals surface area contributed by atoms with Gasteiger partial charge in [-0.1, -0.05) is 63.1 Å². The maximum Gasteiger partial charge on any atom is 0.223 e. The van der Waals surface area contributed by atoms with Gasteiger partial charge < -0.3 is 14.8 Å². The second-order valence-corrected chi connectivity index (χ2v) is 10.6. The summed E-state index contributed by atoms with van der Waals surface area (Å²) in [6, 6.07) is 17.3. The standard InChI is InChI=1S/C29H38N4O/c1-20-10-8-13-25(22(20)3)30-28(34)23-15-17-32(18-16-23)29-31-26-12-6-7-14-27(26)33(29)19-24-11-5-4-9-21(24)2/h4-7,9,11-12,14,20,22-23,25H,8,10,13,15-19H2,1-3H3,(H,30,34)/t20-,22-,25+/m0/s1. The number of carbonyl (C=O) groups is 1. The van der Waals surface area contributed by atoms with Crippen molar-refractivity contribution in [3.63, 3.8) is 0 Å².